The Morgan fingerprint density at radius 1 is 1.52 bits per heavy atom. The average molecular weight is 309 g/mol. The second kappa shape index (κ2) is 6.69. The van der Waals surface area contributed by atoms with E-state index in [9.17, 15) is 10.1 Å². The lowest BCUT2D eigenvalue weighted by molar-refractivity contribution is -0.385. The van der Waals surface area contributed by atoms with Gasteiger partial charge in [0.2, 0.25) is 0 Å². The van der Waals surface area contributed by atoms with E-state index < -0.39 is 4.92 Å². The molecule has 1 heterocycles. The molecule has 2 N–H and O–H groups in total. The summed E-state index contributed by atoms with van der Waals surface area (Å²) in [4.78, 5) is 14.9. The van der Waals surface area contributed by atoms with Crippen LogP contribution in [-0.2, 0) is 13.0 Å². The van der Waals surface area contributed by atoms with Crippen molar-refractivity contribution in [2.75, 3.05) is 0 Å². The Morgan fingerprint density at radius 2 is 2.29 bits per heavy atom. The summed E-state index contributed by atoms with van der Waals surface area (Å²) in [5.74, 6) is 0. The topological polar surface area (TPSA) is 87.0 Å². The van der Waals surface area contributed by atoms with Crippen molar-refractivity contribution in [3.8, 4) is 0 Å². The molecule has 1 aromatic carbocycles. The SMILES string of the molecule is CCC(N)Cc1cn(Cc2c(Cl)cccc2[N+](=O)[O-])cn1. The molecule has 0 aliphatic carbocycles. The molecule has 0 aliphatic rings. The Bertz CT molecular complexity index is 642. The number of rotatable bonds is 6. The highest BCUT2D eigenvalue weighted by molar-refractivity contribution is 6.31. The number of hydrogen-bond donors (Lipinski definition) is 1. The van der Waals surface area contributed by atoms with Crippen LogP contribution in [0.5, 0.6) is 0 Å². The molecule has 6 nitrogen and oxygen atoms in total. The van der Waals surface area contributed by atoms with Crippen molar-refractivity contribution in [3.05, 3.63) is 57.1 Å². The first-order valence-electron chi connectivity index (χ1n) is 6.69. The van der Waals surface area contributed by atoms with Crippen LogP contribution in [0.25, 0.3) is 0 Å². The number of halogens is 1. The zero-order chi connectivity index (χ0) is 15.4. The normalized spacial score (nSPS) is 12.3. The largest absolute Gasteiger partial charge is 0.332 e. The number of nitro benzene ring substituents is 1. The van der Waals surface area contributed by atoms with Gasteiger partial charge in [0, 0.05) is 24.7 Å². The molecule has 1 atom stereocenters. The van der Waals surface area contributed by atoms with Gasteiger partial charge in [0.25, 0.3) is 5.69 Å². The van der Waals surface area contributed by atoms with Crippen molar-refractivity contribution >= 4 is 17.3 Å². The summed E-state index contributed by atoms with van der Waals surface area (Å²) in [6, 6.07) is 4.74. The molecular formula is C14H17ClN4O2. The van der Waals surface area contributed by atoms with Crippen molar-refractivity contribution in [1.82, 2.24) is 9.55 Å². The van der Waals surface area contributed by atoms with Gasteiger partial charge in [-0.2, -0.15) is 0 Å². The van der Waals surface area contributed by atoms with Gasteiger partial charge >= 0.3 is 0 Å². The first-order chi connectivity index (χ1) is 10.0. The van der Waals surface area contributed by atoms with Crippen LogP contribution in [0.4, 0.5) is 5.69 Å². The van der Waals surface area contributed by atoms with Gasteiger partial charge in [0.1, 0.15) is 0 Å². The molecule has 0 bridgehead atoms. The summed E-state index contributed by atoms with van der Waals surface area (Å²) >= 11 is 6.08. The van der Waals surface area contributed by atoms with Crippen LogP contribution in [0, 0.1) is 10.1 Å². The predicted molar refractivity (Wildman–Crippen MR) is 81.4 cm³/mol. The first kappa shape index (κ1) is 15.5. The Morgan fingerprint density at radius 3 is 2.95 bits per heavy atom. The molecule has 7 heteroatoms. The van der Waals surface area contributed by atoms with Crippen LogP contribution in [0.2, 0.25) is 5.02 Å². The van der Waals surface area contributed by atoms with Gasteiger partial charge in [-0.1, -0.05) is 24.6 Å². The predicted octanol–water partition coefficient (Wildman–Crippen LogP) is 2.77. The van der Waals surface area contributed by atoms with E-state index >= 15 is 0 Å². The van der Waals surface area contributed by atoms with E-state index in [0.29, 0.717) is 23.6 Å². The minimum Gasteiger partial charge on any atom is -0.332 e. The Balaban J connectivity index is 2.21. The number of imidazole rings is 1. The van der Waals surface area contributed by atoms with Gasteiger partial charge < -0.3 is 10.3 Å². The fourth-order valence-electron chi connectivity index (χ4n) is 2.07. The molecule has 1 unspecified atom stereocenters. The number of hydrogen-bond acceptors (Lipinski definition) is 4. The van der Waals surface area contributed by atoms with Crippen LogP contribution in [-0.4, -0.2) is 20.5 Å². The fraction of sp³-hybridized carbons (Fsp3) is 0.357. The molecule has 0 saturated carbocycles. The number of benzene rings is 1. The summed E-state index contributed by atoms with van der Waals surface area (Å²) in [5.41, 5.74) is 7.27. The lowest BCUT2D eigenvalue weighted by Gasteiger charge is -2.06. The summed E-state index contributed by atoms with van der Waals surface area (Å²) in [5, 5.41) is 11.4. The van der Waals surface area contributed by atoms with Crippen molar-refractivity contribution in [3.63, 3.8) is 0 Å². The summed E-state index contributed by atoms with van der Waals surface area (Å²) in [6.45, 7) is 2.33. The molecule has 0 amide bonds. The molecule has 0 spiro atoms. The minimum absolute atomic E-state index is 0.0167. The van der Waals surface area contributed by atoms with E-state index in [2.05, 4.69) is 4.98 Å². The number of nitrogens with zero attached hydrogens (tertiary/aromatic N) is 3. The highest BCUT2D eigenvalue weighted by atomic mass is 35.5. The second-order valence-electron chi connectivity index (χ2n) is 4.90. The van der Waals surface area contributed by atoms with Gasteiger partial charge in [0.05, 0.1) is 34.1 Å². The third-order valence-corrected chi connectivity index (χ3v) is 3.67. The van der Waals surface area contributed by atoms with Crippen LogP contribution in [0.15, 0.2) is 30.7 Å². The third-order valence-electron chi connectivity index (χ3n) is 3.31. The van der Waals surface area contributed by atoms with Crippen molar-refractivity contribution in [2.45, 2.75) is 32.4 Å². The van der Waals surface area contributed by atoms with Crippen LogP contribution >= 0.6 is 11.6 Å². The molecule has 112 valence electrons. The van der Waals surface area contributed by atoms with E-state index in [0.717, 1.165) is 12.1 Å². The molecule has 0 fully saturated rings. The van der Waals surface area contributed by atoms with E-state index in [1.807, 2.05) is 13.1 Å². The molecule has 1 aromatic heterocycles. The van der Waals surface area contributed by atoms with E-state index in [1.54, 1.807) is 23.0 Å². The first-order valence-corrected chi connectivity index (χ1v) is 7.07. The zero-order valence-electron chi connectivity index (χ0n) is 11.7. The second-order valence-corrected chi connectivity index (χ2v) is 5.31. The van der Waals surface area contributed by atoms with Gasteiger partial charge in [-0.15, -0.1) is 0 Å². The summed E-state index contributed by atoms with van der Waals surface area (Å²) in [6.07, 6.45) is 5.06. The molecule has 2 aromatic rings. The standard InChI is InChI=1S/C14H17ClN4O2/c1-2-10(16)6-11-7-18(9-17-11)8-12-13(15)4-3-5-14(12)19(20)21/h3-5,7,9-10H,2,6,8,16H2,1H3. The van der Waals surface area contributed by atoms with Gasteiger partial charge in [0.15, 0.2) is 0 Å². The van der Waals surface area contributed by atoms with Gasteiger partial charge in [-0.25, -0.2) is 4.98 Å². The van der Waals surface area contributed by atoms with E-state index in [-0.39, 0.29) is 11.7 Å². The molecular weight excluding hydrogens is 292 g/mol. The summed E-state index contributed by atoms with van der Waals surface area (Å²) < 4.78 is 1.78. The molecule has 0 saturated heterocycles. The van der Waals surface area contributed by atoms with Crippen molar-refractivity contribution < 1.29 is 4.92 Å². The maximum atomic E-state index is 11.1. The number of aromatic nitrogens is 2. The van der Waals surface area contributed by atoms with Crippen molar-refractivity contribution in [1.29, 1.82) is 0 Å². The highest BCUT2D eigenvalue weighted by Crippen LogP contribution is 2.27. The smallest absolute Gasteiger partial charge is 0.275 e. The monoisotopic (exact) mass is 308 g/mol. The highest BCUT2D eigenvalue weighted by Gasteiger charge is 2.17. The maximum absolute atomic E-state index is 11.1. The van der Waals surface area contributed by atoms with Crippen molar-refractivity contribution in [2.24, 2.45) is 5.73 Å². The third kappa shape index (κ3) is 3.80. The number of nitro groups is 1. The van der Waals surface area contributed by atoms with Gasteiger partial charge in [-0.3, -0.25) is 10.1 Å². The minimum atomic E-state index is -0.425. The number of nitrogens with two attached hydrogens (primary N) is 1. The lowest BCUT2D eigenvalue weighted by atomic mass is 10.1. The van der Waals surface area contributed by atoms with E-state index in [1.165, 1.54) is 6.07 Å². The average Bonchev–Trinajstić information content (AvgIpc) is 2.88. The Kier molecular flexibility index (Phi) is 4.93. The zero-order valence-corrected chi connectivity index (χ0v) is 12.5. The molecule has 21 heavy (non-hydrogen) atoms. The van der Waals surface area contributed by atoms with Crippen LogP contribution in [0.1, 0.15) is 24.6 Å². The quantitative estimate of drug-likeness (QED) is 0.656. The van der Waals surface area contributed by atoms with Gasteiger partial charge in [-0.05, 0) is 12.5 Å². The molecule has 0 aliphatic heterocycles. The fourth-order valence-corrected chi connectivity index (χ4v) is 2.30. The lowest BCUT2D eigenvalue weighted by Crippen LogP contribution is -2.21. The Hall–Kier alpha value is -1.92. The molecule has 0 radical (unpaired) electrons. The molecule has 2 rings (SSSR count). The van der Waals surface area contributed by atoms with Crippen LogP contribution < -0.4 is 5.73 Å². The van der Waals surface area contributed by atoms with Crippen LogP contribution in [0.3, 0.4) is 0 Å². The summed E-state index contributed by atoms with van der Waals surface area (Å²) in [7, 11) is 0. The maximum Gasteiger partial charge on any atom is 0.275 e. The van der Waals surface area contributed by atoms with E-state index in [4.69, 9.17) is 17.3 Å². The Labute approximate surface area is 127 Å².